The molecule has 0 saturated carbocycles. The fraction of sp³-hybridized carbons (Fsp3) is 0.300. The van der Waals surface area contributed by atoms with Crippen molar-refractivity contribution < 1.29 is 14.3 Å². The molecule has 130 valence electrons. The van der Waals surface area contributed by atoms with Crippen LogP contribution >= 0.6 is 15.9 Å². The molecule has 1 aliphatic carbocycles. The van der Waals surface area contributed by atoms with Crippen LogP contribution in [0.5, 0.6) is 0 Å². The van der Waals surface area contributed by atoms with Gasteiger partial charge in [0.1, 0.15) is 0 Å². The maximum Gasteiger partial charge on any atom is 0.338 e. The van der Waals surface area contributed by atoms with Crippen LogP contribution < -0.4 is 0 Å². The van der Waals surface area contributed by atoms with Crippen LogP contribution in [0.2, 0.25) is 0 Å². The molecule has 1 amide bonds. The molecule has 0 aromatic heterocycles. The monoisotopic (exact) mass is 401 g/mol. The van der Waals surface area contributed by atoms with Crippen molar-refractivity contribution in [3.8, 4) is 0 Å². The van der Waals surface area contributed by atoms with Gasteiger partial charge in [0, 0.05) is 11.5 Å². The molecule has 25 heavy (non-hydrogen) atoms. The summed E-state index contributed by atoms with van der Waals surface area (Å²) >= 11 is 3.32. The molecule has 2 aromatic rings. The molecule has 0 bridgehead atoms. The topological polar surface area (TPSA) is 46.6 Å². The van der Waals surface area contributed by atoms with Gasteiger partial charge in [-0.3, -0.25) is 4.79 Å². The number of benzene rings is 2. The minimum atomic E-state index is -0.488. The highest BCUT2D eigenvalue weighted by Gasteiger charge is 2.27. The van der Waals surface area contributed by atoms with Gasteiger partial charge in [-0.15, -0.1) is 0 Å². The summed E-state index contributed by atoms with van der Waals surface area (Å²) in [7, 11) is 1.78. The number of hydrogen-bond acceptors (Lipinski definition) is 3. The lowest BCUT2D eigenvalue weighted by Crippen LogP contribution is -2.36. The van der Waals surface area contributed by atoms with Crippen LogP contribution in [0.15, 0.2) is 53.0 Å². The Morgan fingerprint density at radius 2 is 1.88 bits per heavy atom. The van der Waals surface area contributed by atoms with Crippen LogP contribution in [0.1, 0.15) is 40.4 Å². The summed E-state index contributed by atoms with van der Waals surface area (Å²) in [6.07, 6.45) is 3.03. The molecule has 0 spiro atoms. The predicted octanol–water partition coefficient (Wildman–Crippen LogP) is 4.14. The van der Waals surface area contributed by atoms with E-state index < -0.39 is 5.97 Å². The lowest BCUT2D eigenvalue weighted by Gasteiger charge is -2.33. The van der Waals surface area contributed by atoms with Crippen LogP contribution in [-0.4, -0.2) is 30.4 Å². The molecule has 3 rings (SSSR count). The summed E-state index contributed by atoms with van der Waals surface area (Å²) in [5.74, 6) is -0.676. The average molecular weight is 402 g/mol. The molecule has 1 atom stereocenters. The summed E-state index contributed by atoms with van der Waals surface area (Å²) in [5.41, 5.74) is 2.93. The average Bonchev–Trinajstić information content (AvgIpc) is 2.65. The maximum absolute atomic E-state index is 12.5. The van der Waals surface area contributed by atoms with E-state index in [1.54, 1.807) is 36.2 Å². The molecular formula is C20H20BrNO3. The van der Waals surface area contributed by atoms with Crippen LogP contribution in [0.3, 0.4) is 0 Å². The second-order valence-corrected chi connectivity index (χ2v) is 7.11. The molecule has 0 saturated heterocycles. The number of rotatable bonds is 4. The zero-order valence-corrected chi connectivity index (χ0v) is 15.7. The van der Waals surface area contributed by atoms with Gasteiger partial charge in [-0.2, -0.15) is 0 Å². The van der Waals surface area contributed by atoms with E-state index >= 15 is 0 Å². The van der Waals surface area contributed by atoms with E-state index in [1.165, 1.54) is 11.1 Å². The summed E-state index contributed by atoms with van der Waals surface area (Å²) in [6, 6.07) is 15.1. The Morgan fingerprint density at radius 1 is 1.16 bits per heavy atom. The van der Waals surface area contributed by atoms with Gasteiger partial charge < -0.3 is 9.64 Å². The van der Waals surface area contributed by atoms with Crippen LogP contribution in [0, 0.1) is 0 Å². The number of aryl methyl sites for hydroxylation is 1. The Kier molecular flexibility index (Phi) is 5.53. The van der Waals surface area contributed by atoms with Gasteiger partial charge >= 0.3 is 5.97 Å². The number of hydrogen-bond donors (Lipinski definition) is 0. The summed E-state index contributed by atoms with van der Waals surface area (Å²) in [6.45, 7) is -0.246. The van der Waals surface area contributed by atoms with Gasteiger partial charge in [0.15, 0.2) is 6.61 Å². The maximum atomic E-state index is 12.5. The summed E-state index contributed by atoms with van der Waals surface area (Å²) in [5, 5.41) is 0. The predicted molar refractivity (Wildman–Crippen MR) is 99.3 cm³/mol. The molecule has 0 radical (unpaired) electrons. The molecular weight excluding hydrogens is 382 g/mol. The van der Waals surface area contributed by atoms with Crippen molar-refractivity contribution in [3.05, 3.63) is 69.7 Å². The van der Waals surface area contributed by atoms with E-state index in [0.29, 0.717) is 5.56 Å². The number of esters is 1. The lowest BCUT2D eigenvalue weighted by molar-refractivity contribution is -0.135. The Morgan fingerprint density at radius 3 is 2.64 bits per heavy atom. The molecule has 4 nitrogen and oxygen atoms in total. The third kappa shape index (κ3) is 4.10. The van der Waals surface area contributed by atoms with Crippen molar-refractivity contribution in [2.75, 3.05) is 13.7 Å². The Hall–Kier alpha value is -2.14. The lowest BCUT2D eigenvalue weighted by atomic mass is 9.87. The number of ether oxygens (including phenoxy) is 1. The van der Waals surface area contributed by atoms with Gasteiger partial charge in [-0.1, -0.05) is 40.2 Å². The van der Waals surface area contributed by atoms with Crippen molar-refractivity contribution in [1.82, 2.24) is 4.90 Å². The van der Waals surface area contributed by atoms with E-state index in [4.69, 9.17) is 4.74 Å². The SMILES string of the molecule is CN(C(=O)COC(=O)c1ccc(Br)cc1)C1CCCc2ccccc21. The highest BCUT2D eigenvalue weighted by molar-refractivity contribution is 9.10. The minimum absolute atomic E-state index is 0.0452. The molecule has 1 aliphatic rings. The first kappa shape index (κ1) is 17.7. The highest BCUT2D eigenvalue weighted by atomic mass is 79.9. The molecule has 0 heterocycles. The Labute approximate surface area is 155 Å². The fourth-order valence-corrected chi connectivity index (χ4v) is 3.47. The van der Waals surface area contributed by atoms with Crippen LogP contribution in [-0.2, 0) is 16.0 Å². The zero-order valence-electron chi connectivity index (χ0n) is 14.1. The zero-order chi connectivity index (χ0) is 17.8. The van der Waals surface area contributed by atoms with E-state index in [1.807, 2.05) is 12.1 Å². The van der Waals surface area contributed by atoms with Crippen molar-refractivity contribution in [2.24, 2.45) is 0 Å². The largest absolute Gasteiger partial charge is 0.452 e. The second-order valence-electron chi connectivity index (χ2n) is 6.19. The second kappa shape index (κ2) is 7.83. The number of carbonyl (C=O) groups excluding carboxylic acids is 2. The number of halogens is 1. The minimum Gasteiger partial charge on any atom is -0.452 e. The summed E-state index contributed by atoms with van der Waals surface area (Å²) < 4.78 is 6.07. The van der Waals surface area contributed by atoms with Gasteiger partial charge in [0.05, 0.1) is 11.6 Å². The molecule has 1 unspecified atom stereocenters. The Bertz CT molecular complexity index is 773. The smallest absolute Gasteiger partial charge is 0.338 e. The van der Waals surface area contributed by atoms with Crippen molar-refractivity contribution in [3.63, 3.8) is 0 Å². The first-order valence-electron chi connectivity index (χ1n) is 8.32. The number of amides is 1. The quantitative estimate of drug-likeness (QED) is 0.723. The van der Waals surface area contributed by atoms with Gasteiger partial charge in [-0.25, -0.2) is 4.79 Å². The standard InChI is InChI=1S/C20H20BrNO3/c1-22(18-8-4-6-14-5-2-3-7-17(14)18)19(23)13-25-20(24)15-9-11-16(21)12-10-15/h2-3,5,7,9-12,18H,4,6,8,13H2,1H3. The van der Waals surface area contributed by atoms with Crippen LogP contribution in [0.25, 0.3) is 0 Å². The van der Waals surface area contributed by atoms with Crippen molar-refractivity contribution in [2.45, 2.75) is 25.3 Å². The number of fused-ring (bicyclic) bond motifs is 1. The molecule has 0 N–H and O–H groups in total. The van der Waals surface area contributed by atoms with Gasteiger partial charge in [0.2, 0.25) is 0 Å². The van der Waals surface area contributed by atoms with E-state index in [2.05, 4.69) is 28.1 Å². The summed E-state index contributed by atoms with van der Waals surface area (Å²) in [4.78, 5) is 26.2. The fourth-order valence-electron chi connectivity index (χ4n) is 3.20. The molecule has 2 aromatic carbocycles. The molecule has 0 fully saturated rings. The van der Waals surface area contributed by atoms with E-state index in [-0.39, 0.29) is 18.6 Å². The first-order chi connectivity index (χ1) is 12.1. The number of carbonyl (C=O) groups is 2. The molecule has 5 heteroatoms. The number of likely N-dealkylation sites (N-methyl/N-ethyl adjacent to an activating group) is 1. The normalized spacial score (nSPS) is 16.0. The molecule has 0 aliphatic heterocycles. The first-order valence-corrected chi connectivity index (χ1v) is 9.11. The van der Waals surface area contributed by atoms with E-state index in [0.717, 1.165) is 23.7 Å². The third-order valence-electron chi connectivity index (χ3n) is 4.61. The number of nitrogens with zero attached hydrogens (tertiary/aromatic N) is 1. The van der Waals surface area contributed by atoms with Gasteiger partial charge in [0.25, 0.3) is 5.91 Å². The van der Waals surface area contributed by atoms with Crippen LogP contribution in [0.4, 0.5) is 0 Å². The highest BCUT2D eigenvalue weighted by Crippen LogP contribution is 2.33. The van der Waals surface area contributed by atoms with E-state index in [9.17, 15) is 9.59 Å². The van der Waals surface area contributed by atoms with Crippen molar-refractivity contribution in [1.29, 1.82) is 0 Å². The third-order valence-corrected chi connectivity index (χ3v) is 5.13. The Balaban J connectivity index is 1.62. The van der Waals surface area contributed by atoms with Gasteiger partial charge in [-0.05, 0) is 54.7 Å². The van der Waals surface area contributed by atoms with Crippen molar-refractivity contribution >= 4 is 27.8 Å².